The molecule has 2 aliphatic rings. The van der Waals surface area contributed by atoms with Gasteiger partial charge in [-0.2, -0.15) is 0 Å². The number of halogens is 5. The van der Waals surface area contributed by atoms with Crippen molar-refractivity contribution < 1.29 is 27.2 Å². The highest BCUT2D eigenvalue weighted by Crippen LogP contribution is 2.47. The summed E-state index contributed by atoms with van der Waals surface area (Å²) in [5.41, 5.74) is 2.08. The Hall–Kier alpha value is -2.91. The van der Waals surface area contributed by atoms with Crippen LogP contribution in [0.15, 0.2) is 36.4 Å². The normalized spacial score (nSPS) is 16.7. The molecular formula is C25H26ClF4N3O2. The van der Waals surface area contributed by atoms with Crippen LogP contribution in [0, 0.1) is 23.3 Å². The third-order valence-electron chi connectivity index (χ3n) is 6.54. The summed E-state index contributed by atoms with van der Waals surface area (Å²) in [7, 11) is 1.37. The first-order valence-electron chi connectivity index (χ1n) is 11.1. The van der Waals surface area contributed by atoms with Crippen LogP contribution in [0.1, 0.15) is 36.0 Å². The first-order valence-corrected chi connectivity index (χ1v) is 11.1. The van der Waals surface area contributed by atoms with Crippen LogP contribution in [0.5, 0.6) is 0 Å². The van der Waals surface area contributed by atoms with Gasteiger partial charge in [0.2, 0.25) is 11.8 Å². The molecule has 1 saturated heterocycles. The number of rotatable bonds is 6. The maximum Gasteiger partial charge on any atom is 0.242 e. The lowest BCUT2D eigenvalue weighted by Gasteiger charge is -2.33. The molecule has 2 aromatic carbocycles. The van der Waals surface area contributed by atoms with Crippen LogP contribution < -0.4 is 16.0 Å². The Morgan fingerprint density at radius 3 is 2.34 bits per heavy atom. The average Bonchev–Trinajstić information content (AvgIpc) is 3.08. The molecule has 1 aliphatic carbocycles. The molecule has 1 aliphatic heterocycles. The second-order valence-corrected chi connectivity index (χ2v) is 8.75. The minimum absolute atomic E-state index is 0. The molecular weight excluding hydrogens is 486 g/mol. The maximum atomic E-state index is 14.0. The van der Waals surface area contributed by atoms with E-state index in [1.54, 1.807) is 6.07 Å². The number of amides is 2. The first-order chi connectivity index (χ1) is 16.2. The van der Waals surface area contributed by atoms with Gasteiger partial charge in [0, 0.05) is 18.9 Å². The van der Waals surface area contributed by atoms with Gasteiger partial charge < -0.3 is 16.0 Å². The SMILES string of the molecule is CNC(=O)[C@@H](Cc1cc(F)c(F)c(F)c1)NC(=O)CC1=CC2(CCNCC2)c2cc(F)ccc21.Cl. The molecule has 0 bridgehead atoms. The molecule has 2 aromatic rings. The van der Waals surface area contributed by atoms with Crippen molar-refractivity contribution in [1.29, 1.82) is 0 Å². The molecule has 188 valence electrons. The summed E-state index contributed by atoms with van der Waals surface area (Å²) in [5.74, 6) is -5.71. The van der Waals surface area contributed by atoms with E-state index in [4.69, 9.17) is 0 Å². The van der Waals surface area contributed by atoms with Gasteiger partial charge in [-0.1, -0.05) is 12.1 Å². The number of benzene rings is 2. The number of hydrogen-bond acceptors (Lipinski definition) is 3. The molecule has 2 amide bonds. The number of carbonyl (C=O) groups excluding carboxylic acids is 2. The smallest absolute Gasteiger partial charge is 0.242 e. The first kappa shape index (κ1) is 26.7. The van der Waals surface area contributed by atoms with E-state index in [0.29, 0.717) is 0 Å². The van der Waals surface area contributed by atoms with E-state index in [2.05, 4.69) is 16.0 Å². The van der Waals surface area contributed by atoms with E-state index in [1.807, 2.05) is 6.08 Å². The number of carbonyl (C=O) groups is 2. The van der Waals surface area contributed by atoms with Crippen molar-refractivity contribution in [1.82, 2.24) is 16.0 Å². The highest BCUT2D eigenvalue weighted by atomic mass is 35.5. The monoisotopic (exact) mass is 511 g/mol. The molecule has 10 heteroatoms. The summed E-state index contributed by atoms with van der Waals surface area (Å²) < 4.78 is 54.5. The Morgan fingerprint density at radius 2 is 1.71 bits per heavy atom. The lowest BCUT2D eigenvalue weighted by atomic mass is 9.75. The second-order valence-electron chi connectivity index (χ2n) is 8.75. The van der Waals surface area contributed by atoms with E-state index in [-0.39, 0.29) is 42.0 Å². The summed E-state index contributed by atoms with van der Waals surface area (Å²) in [6.45, 7) is 1.55. The Balaban J connectivity index is 0.00000342. The minimum Gasteiger partial charge on any atom is -0.357 e. The third-order valence-corrected chi connectivity index (χ3v) is 6.54. The van der Waals surface area contributed by atoms with Gasteiger partial charge in [-0.05, 0) is 72.5 Å². The molecule has 0 aromatic heterocycles. The average molecular weight is 512 g/mol. The van der Waals surface area contributed by atoms with Gasteiger partial charge in [-0.15, -0.1) is 12.4 Å². The fourth-order valence-corrected chi connectivity index (χ4v) is 4.89. The summed E-state index contributed by atoms with van der Waals surface area (Å²) >= 11 is 0. The molecule has 5 nitrogen and oxygen atoms in total. The molecule has 0 radical (unpaired) electrons. The lowest BCUT2D eigenvalue weighted by Crippen LogP contribution is -2.47. The van der Waals surface area contributed by atoms with Gasteiger partial charge in [0.25, 0.3) is 0 Å². The lowest BCUT2D eigenvalue weighted by molar-refractivity contribution is -0.128. The Labute approximate surface area is 206 Å². The van der Waals surface area contributed by atoms with Gasteiger partial charge in [-0.25, -0.2) is 17.6 Å². The molecule has 1 heterocycles. The van der Waals surface area contributed by atoms with Crippen molar-refractivity contribution in [3.05, 3.63) is 76.4 Å². The largest absolute Gasteiger partial charge is 0.357 e. The summed E-state index contributed by atoms with van der Waals surface area (Å²) in [6, 6.07) is 5.02. The number of fused-ring (bicyclic) bond motifs is 2. The van der Waals surface area contributed by atoms with Gasteiger partial charge >= 0.3 is 0 Å². The van der Waals surface area contributed by atoms with E-state index in [9.17, 15) is 27.2 Å². The predicted octanol–water partition coefficient (Wildman–Crippen LogP) is 3.55. The van der Waals surface area contributed by atoms with Crippen LogP contribution >= 0.6 is 12.4 Å². The minimum atomic E-state index is -1.60. The van der Waals surface area contributed by atoms with Crippen molar-refractivity contribution in [3.8, 4) is 0 Å². The standard InChI is InChI=1S/C25H25F4N3O2.ClH/c1-30-24(34)21(10-14-8-19(27)23(29)20(28)9-14)32-22(33)11-15-13-25(4-6-31-7-5-25)18-12-16(26)2-3-17(15)18;/h2-3,8-9,12-13,21,31H,4-7,10-11H2,1H3,(H,30,34)(H,32,33);1H/t21-;/m1./s1. The number of allylic oxidation sites excluding steroid dienone is 1. The third kappa shape index (κ3) is 5.51. The van der Waals surface area contributed by atoms with Crippen molar-refractivity contribution in [2.75, 3.05) is 20.1 Å². The van der Waals surface area contributed by atoms with Crippen LogP contribution in [0.4, 0.5) is 17.6 Å². The number of likely N-dealkylation sites (N-methyl/N-ethyl adjacent to an activating group) is 1. The van der Waals surface area contributed by atoms with Gasteiger partial charge in [0.15, 0.2) is 17.5 Å². The topological polar surface area (TPSA) is 70.2 Å². The molecule has 4 rings (SSSR count). The van der Waals surface area contributed by atoms with Gasteiger partial charge in [0.1, 0.15) is 11.9 Å². The number of nitrogens with one attached hydrogen (secondary N) is 3. The zero-order valence-electron chi connectivity index (χ0n) is 19.0. The summed E-state index contributed by atoms with van der Waals surface area (Å²) in [5, 5.41) is 8.32. The molecule has 1 fully saturated rings. The maximum absolute atomic E-state index is 14.0. The van der Waals surface area contributed by atoms with Gasteiger partial charge in [0.05, 0.1) is 6.42 Å². The van der Waals surface area contributed by atoms with Gasteiger partial charge in [-0.3, -0.25) is 9.59 Å². The fourth-order valence-electron chi connectivity index (χ4n) is 4.89. The highest BCUT2D eigenvalue weighted by Gasteiger charge is 2.39. The van der Waals surface area contributed by atoms with Crippen LogP contribution in [-0.4, -0.2) is 38.0 Å². The van der Waals surface area contributed by atoms with Crippen molar-refractivity contribution in [2.24, 2.45) is 0 Å². The molecule has 0 saturated carbocycles. The molecule has 1 spiro atoms. The highest BCUT2D eigenvalue weighted by molar-refractivity contribution is 5.94. The van der Waals surface area contributed by atoms with Crippen LogP contribution in [0.3, 0.4) is 0 Å². The number of hydrogen-bond donors (Lipinski definition) is 3. The van der Waals surface area contributed by atoms with E-state index >= 15 is 0 Å². The van der Waals surface area contributed by atoms with E-state index in [1.165, 1.54) is 19.2 Å². The quantitative estimate of drug-likeness (QED) is 0.410. The summed E-state index contributed by atoms with van der Waals surface area (Å²) in [4.78, 5) is 25.3. The van der Waals surface area contributed by atoms with Crippen molar-refractivity contribution in [3.63, 3.8) is 0 Å². The Bertz CT molecular complexity index is 1140. The molecule has 35 heavy (non-hydrogen) atoms. The molecule has 1 atom stereocenters. The van der Waals surface area contributed by atoms with Crippen molar-refractivity contribution in [2.45, 2.75) is 37.1 Å². The molecule has 0 unspecified atom stereocenters. The van der Waals surface area contributed by atoms with Crippen LogP contribution in [-0.2, 0) is 21.4 Å². The van der Waals surface area contributed by atoms with E-state index < -0.39 is 35.3 Å². The summed E-state index contributed by atoms with van der Waals surface area (Å²) in [6.07, 6.45) is 3.30. The second kappa shape index (κ2) is 10.8. The zero-order valence-corrected chi connectivity index (χ0v) is 19.8. The molecule has 3 N–H and O–H groups in total. The van der Waals surface area contributed by atoms with Crippen LogP contribution in [0.2, 0.25) is 0 Å². The Morgan fingerprint density at radius 1 is 1.06 bits per heavy atom. The fraction of sp³-hybridized carbons (Fsp3) is 0.360. The van der Waals surface area contributed by atoms with E-state index in [0.717, 1.165) is 54.8 Å². The zero-order chi connectivity index (χ0) is 24.5. The Kier molecular flexibility index (Phi) is 8.22. The predicted molar refractivity (Wildman–Crippen MR) is 126 cm³/mol. The number of piperidine rings is 1. The van der Waals surface area contributed by atoms with Crippen molar-refractivity contribution >= 4 is 29.8 Å². The van der Waals surface area contributed by atoms with Crippen LogP contribution in [0.25, 0.3) is 5.57 Å².